The van der Waals surface area contributed by atoms with Crippen molar-refractivity contribution in [3.8, 4) is 0 Å². The van der Waals surface area contributed by atoms with Crippen molar-refractivity contribution in [3.63, 3.8) is 0 Å². The summed E-state index contributed by atoms with van der Waals surface area (Å²) >= 11 is 8.99. The molecule has 0 saturated carbocycles. The van der Waals surface area contributed by atoms with E-state index in [4.69, 9.17) is 17.3 Å². The van der Waals surface area contributed by atoms with Crippen molar-refractivity contribution in [3.05, 3.63) is 21.6 Å². The molecule has 1 aliphatic rings. The lowest BCUT2D eigenvalue weighted by Gasteiger charge is -2.17. The number of aliphatic hydroxyl groups excluding tert-OH is 1. The van der Waals surface area contributed by atoms with Gasteiger partial charge in [0.15, 0.2) is 0 Å². The SMILES string of the molecule is Nc1cc(Cl)cc(S(=O)(=O)N2CC[C@H](O)C2)c1Br. The van der Waals surface area contributed by atoms with Gasteiger partial charge in [-0.25, -0.2) is 8.42 Å². The fraction of sp³-hybridized carbons (Fsp3) is 0.400. The van der Waals surface area contributed by atoms with E-state index in [0.29, 0.717) is 17.4 Å². The molecule has 5 nitrogen and oxygen atoms in total. The van der Waals surface area contributed by atoms with Crippen molar-refractivity contribution in [2.45, 2.75) is 17.4 Å². The molecule has 0 aromatic heterocycles. The molecule has 0 unspecified atom stereocenters. The Hall–Kier alpha value is -0.340. The van der Waals surface area contributed by atoms with Gasteiger partial charge in [0.25, 0.3) is 0 Å². The third kappa shape index (κ3) is 2.50. The van der Waals surface area contributed by atoms with Gasteiger partial charge in [0.05, 0.1) is 15.5 Å². The molecule has 1 aliphatic heterocycles. The third-order valence-corrected chi connectivity index (χ3v) is 6.03. The van der Waals surface area contributed by atoms with Crippen molar-refractivity contribution in [1.29, 1.82) is 0 Å². The number of nitrogen functional groups attached to an aromatic ring is 1. The van der Waals surface area contributed by atoms with Crippen LogP contribution < -0.4 is 5.73 Å². The highest BCUT2D eigenvalue weighted by Gasteiger charge is 2.33. The van der Waals surface area contributed by atoms with Crippen LogP contribution in [0.1, 0.15) is 6.42 Å². The number of anilines is 1. The fourth-order valence-electron chi connectivity index (χ4n) is 1.84. The van der Waals surface area contributed by atoms with Gasteiger partial charge in [-0.05, 0) is 34.5 Å². The number of benzene rings is 1. The van der Waals surface area contributed by atoms with E-state index in [-0.39, 0.29) is 22.2 Å². The van der Waals surface area contributed by atoms with Crippen molar-refractivity contribution in [2.24, 2.45) is 0 Å². The normalized spacial score (nSPS) is 21.4. The first-order chi connectivity index (χ1) is 8.32. The van der Waals surface area contributed by atoms with Crippen LogP contribution in [0.2, 0.25) is 5.02 Å². The zero-order valence-electron chi connectivity index (χ0n) is 9.31. The molecule has 8 heteroatoms. The maximum atomic E-state index is 12.4. The highest BCUT2D eigenvalue weighted by atomic mass is 79.9. The van der Waals surface area contributed by atoms with E-state index in [9.17, 15) is 13.5 Å². The molecule has 0 aliphatic carbocycles. The largest absolute Gasteiger partial charge is 0.398 e. The molecule has 18 heavy (non-hydrogen) atoms. The van der Waals surface area contributed by atoms with Crippen LogP contribution in [-0.4, -0.2) is 37.0 Å². The summed E-state index contributed by atoms with van der Waals surface area (Å²) in [5.41, 5.74) is 5.95. The number of halogens is 2. The lowest BCUT2D eigenvalue weighted by atomic mass is 10.3. The van der Waals surface area contributed by atoms with Gasteiger partial charge in [-0.1, -0.05) is 11.6 Å². The topological polar surface area (TPSA) is 83.6 Å². The van der Waals surface area contributed by atoms with E-state index in [0.717, 1.165) is 0 Å². The molecule has 0 amide bonds. The summed E-state index contributed by atoms with van der Waals surface area (Å²) < 4.78 is 26.3. The third-order valence-electron chi connectivity index (χ3n) is 2.78. The summed E-state index contributed by atoms with van der Waals surface area (Å²) in [6, 6.07) is 2.82. The Balaban J connectivity index is 2.48. The average Bonchev–Trinajstić information content (AvgIpc) is 2.70. The first-order valence-electron chi connectivity index (χ1n) is 5.25. The van der Waals surface area contributed by atoms with Crippen LogP contribution in [0.3, 0.4) is 0 Å². The smallest absolute Gasteiger partial charge is 0.244 e. The molecule has 2 rings (SSSR count). The van der Waals surface area contributed by atoms with Gasteiger partial charge in [-0.15, -0.1) is 0 Å². The van der Waals surface area contributed by atoms with E-state index in [1.54, 1.807) is 0 Å². The molecule has 1 saturated heterocycles. The monoisotopic (exact) mass is 354 g/mol. The number of nitrogens with two attached hydrogens (primary N) is 1. The fourth-order valence-corrected chi connectivity index (χ4v) is 4.59. The summed E-state index contributed by atoms with van der Waals surface area (Å²) in [5.74, 6) is 0. The lowest BCUT2D eigenvalue weighted by molar-refractivity contribution is 0.189. The van der Waals surface area contributed by atoms with Crippen LogP contribution >= 0.6 is 27.5 Å². The predicted octanol–water partition coefficient (Wildman–Crippen LogP) is 1.44. The zero-order chi connectivity index (χ0) is 13.5. The Morgan fingerprint density at radius 3 is 2.72 bits per heavy atom. The summed E-state index contributed by atoms with van der Waals surface area (Å²) in [4.78, 5) is 0.0293. The Kier molecular flexibility index (Phi) is 3.89. The Morgan fingerprint density at radius 1 is 1.50 bits per heavy atom. The average molecular weight is 356 g/mol. The van der Waals surface area contributed by atoms with Gasteiger partial charge in [0.2, 0.25) is 10.0 Å². The predicted molar refractivity (Wildman–Crippen MR) is 72.9 cm³/mol. The van der Waals surface area contributed by atoms with Crippen LogP contribution in [0.4, 0.5) is 5.69 Å². The van der Waals surface area contributed by atoms with Gasteiger partial charge in [0, 0.05) is 23.8 Å². The van der Waals surface area contributed by atoms with Gasteiger partial charge < -0.3 is 10.8 Å². The van der Waals surface area contributed by atoms with Crippen LogP contribution in [0.15, 0.2) is 21.5 Å². The standard InChI is InChI=1S/C10H12BrClN2O3S/c11-10-8(13)3-6(12)4-9(10)18(16,17)14-2-1-7(15)5-14/h3-4,7,15H,1-2,5,13H2/t7-/m0/s1. The molecule has 1 fully saturated rings. The number of sulfonamides is 1. The Morgan fingerprint density at radius 2 is 2.17 bits per heavy atom. The van der Waals surface area contributed by atoms with Gasteiger partial charge in [-0.2, -0.15) is 4.31 Å². The second-order valence-corrected chi connectivity index (χ2v) is 7.25. The zero-order valence-corrected chi connectivity index (χ0v) is 12.5. The lowest BCUT2D eigenvalue weighted by Crippen LogP contribution is -2.30. The number of nitrogens with zero attached hydrogens (tertiary/aromatic N) is 1. The van der Waals surface area contributed by atoms with Gasteiger partial charge >= 0.3 is 0 Å². The number of rotatable bonds is 2. The maximum Gasteiger partial charge on any atom is 0.244 e. The molecule has 100 valence electrons. The molecule has 1 heterocycles. The molecular weight excluding hydrogens is 344 g/mol. The summed E-state index contributed by atoms with van der Waals surface area (Å²) in [5, 5.41) is 9.68. The molecule has 0 radical (unpaired) electrons. The van der Waals surface area contributed by atoms with Crippen molar-refractivity contribution in [2.75, 3.05) is 18.8 Å². The minimum absolute atomic E-state index is 0.0293. The van der Waals surface area contributed by atoms with E-state index in [2.05, 4.69) is 15.9 Å². The first kappa shape index (κ1) is 14.1. The van der Waals surface area contributed by atoms with E-state index in [1.165, 1.54) is 16.4 Å². The highest BCUT2D eigenvalue weighted by Crippen LogP contribution is 2.34. The Labute approximate surface area is 119 Å². The minimum atomic E-state index is -3.69. The second-order valence-electron chi connectivity index (χ2n) is 4.11. The molecule has 3 N–H and O–H groups in total. The number of aliphatic hydroxyl groups is 1. The molecule has 0 bridgehead atoms. The van der Waals surface area contributed by atoms with E-state index in [1.807, 2.05) is 0 Å². The van der Waals surface area contributed by atoms with Crippen molar-refractivity contribution < 1.29 is 13.5 Å². The molecule has 1 aromatic rings. The summed E-state index contributed by atoms with van der Waals surface area (Å²) in [6.07, 6.45) is -0.178. The second kappa shape index (κ2) is 4.97. The van der Waals surface area contributed by atoms with Crippen LogP contribution in [-0.2, 0) is 10.0 Å². The van der Waals surface area contributed by atoms with E-state index >= 15 is 0 Å². The molecular formula is C10H12BrClN2O3S. The maximum absolute atomic E-state index is 12.4. The molecule has 1 atom stereocenters. The quantitative estimate of drug-likeness (QED) is 0.786. The van der Waals surface area contributed by atoms with Crippen molar-refractivity contribution >= 4 is 43.2 Å². The number of hydrogen-bond donors (Lipinski definition) is 2. The Bertz CT molecular complexity index is 579. The summed E-state index contributed by atoms with van der Waals surface area (Å²) in [7, 11) is -3.69. The molecule has 0 spiro atoms. The van der Waals surface area contributed by atoms with Gasteiger partial charge in [-0.3, -0.25) is 0 Å². The first-order valence-corrected chi connectivity index (χ1v) is 7.86. The molecule has 1 aromatic carbocycles. The summed E-state index contributed by atoms with van der Waals surface area (Å²) in [6.45, 7) is 0.392. The van der Waals surface area contributed by atoms with Crippen LogP contribution in [0.25, 0.3) is 0 Å². The van der Waals surface area contributed by atoms with Crippen LogP contribution in [0.5, 0.6) is 0 Å². The minimum Gasteiger partial charge on any atom is -0.398 e. The number of β-amino-alcohol motifs (C(OH)–C–C–N with tert-alkyl or cyclic N) is 1. The van der Waals surface area contributed by atoms with Crippen molar-refractivity contribution in [1.82, 2.24) is 4.31 Å². The van der Waals surface area contributed by atoms with Crippen LogP contribution in [0, 0.1) is 0 Å². The highest BCUT2D eigenvalue weighted by molar-refractivity contribution is 9.10. The van der Waals surface area contributed by atoms with E-state index < -0.39 is 16.1 Å². The van der Waals surface area contributed by atoms with Gasteiger partial charge in [0.1, 0.15) is 0 Å². The number of hydrogen-bond acceptors (Lipinski definition) is 4.